The number of rotatable bonds is 5. The number of nitro benzene ring substituents is 1. The Labute approximate surface area is 158 Å². The highest BCUT2D eigenvalue weighted by molar-refractivity contribution is 8.18. The Morgan fingerprint density at radius 3 is 2.50 bits per heavy atom. The van der Waals surface area contributed by atoms with Crippen LogP contribution in [0.15, 0.2) is 58.3 Å². The molecule has 2 aromatic carbocycles. The van der Waals surface area contributed by atoms with E-state index in [1.807, 2.05) is 30.5 Å². The lowest BCUT2D eigenvalue weighted by molar-refractivity contribution is -0.385. The molecule has 2 amide bonds. The van der Waals surface area contributed by atoms with Crippen LogP contribution in [-0.2, 0) is 11.3 Å². The third-order valence-corrected chi connectivity index (χ3v) is 5.45. The summed E-state index contributed by atoms with van der Waals surface area (Å²) in [4.78, 5) is 37.8. The number of nitro groups is 1. The van der Waals surface area contributed by atoms with Crippen molar-refractivity contribution in [3.8, 4) is 0 Å². The van der Waals surface area contributed by atoms with Gasteiger partial charge in [-0.1, -0.05) is 30.3 Å². The fourth-order valence-corrected chi connectivity index (χ4v) is 3.73. The Bertz CT molecular complexity index is 910. The second kappa shape index (κ2) is 7.76. The molecule has 2 aromatic rings. The van der Waals surface area contributed by atoms with E-state index in [0.717, 1.165) is 27.1 Å². The van der Waals surface area contributed by atoms with E-state index < -0.39 is 16.1 Å². The maximum Gasteiger partial charge on any atom is 0.293 e. The van der Waals surface area contributed by atoms with Gasteiger partial charge in [0, 0.05) is 16.5 Å². The van der Waals surface area contributed by atoms with E-state index >= 15 is 0 Å². The second-order valence-corrected chi connectivity index (χ2v) is 7.30. The van der Waals surface area contributed by atoms with Gasteiger partial charge in [-0.15, -0.1) is 11.8 Å². The lowest BCUT2D eigenvalue weighted by Crippen LogP contribution is -2.27. The minimum Gasteiger partial charge on any atom is -0.268 e. The van der Waals surface area contributed by atoms with Crippen LogP contribution in [0, 0.1) is 10.1 Å². The van der Waals surface area contributed by atoms with E-state index in [-0.39, 0.29) is 12.2 Å². The highest BCUT2D eigenvalue weighted by atomic mass is 32.2. The van der Waals surface area contributed by atoms with Crippen LogP contribution < -0.4 is 0 Å². The van der Waals surface area contributed by atoms with Crippen molar-refractivity contribution < 1.29 is 14.5 Å². The van der Waals surface area contributed by atoms with Crippen molar-refractivity contribution in [1.82, 2.24) is 4.90 Å². The fourth-order valence-electron chi connectivity index (χ4n) is 2.48. The quantitative estimate of drug-likeness (QED) is 0.324. The Kier molecular flexibility index (Phi) is 5.43. The zero-order chi connectivity index (χ0) is 18.7. The molecule has 3 rings (SSSR count). The smallest absolute Gasteiger partial charge is 0.268 e. The first kappa shape index (κ1) is 18.2. The zero-order valence-electron chi connectivity index (χ0n) is 13.7. The summed E-state index contributed by atoms with van der Waals surface area (Å²) in [6.45, 7) is -0.120. The van der Waals surface area contributed by atoms with Crippen molar-refractivity contribution in [2.75, 3.05) is 6.26 Å². The first-order valence-electron chi connectivity index (χ1n) is 7.61. The van der Waals surface area contributed by atoms with E-state index in [1.54, 1.807) is 36.0 Å². The third kappa shape index (κ3) is 3.81. The number of imide groups is 1. The summed E-state index contributed by atoms with van der Waals surface area (Å²) in [7, 11) is 0. The molecule has 1 heterocycles. The van der Waals surface area contributed by atoms with Crippen LogP contribution >= 0.6 is 23.5 Å². The molecule has 8 heteroatoms. The van der Waals surface area contributed by atoms with Crippen molar-refractivity contribution in [3.63, 3.8) is 0 Å². The third-order valence-electron chi connectivity index (χ3n) is 3.80. The van der Waals surface area contributed by atoms with Gasteiger partial charge in [0.15, 0.2) is 0 Å². The molecule has 0 saturated carbocycles. The topological polar surface area (TPSA) is 80.5 Å². The summed E-state index contributed by atoms with van der Waals surface area (Å²) in [5.74, 6) is -0.438. The molecule has 26 heavy (non-hydrogen) atoms. The molecule has 0 radical (unpaired) electrons. The van der Waals surface area contributed by atoms with Gasteiger partial charge in [-0.25, -0.2) is 0 Å². The summed E-state index contributed by atoms with van der Waals surface area (Å²) in [5, 5.41) is 10.7. The van der Waals surface area contributed by atoms with Crippen molar-refractivity contribution in [3.05, 3.63) is 74.7 Å². The van der Waals surface area contributed by atoms with E-state index in [9.17, 15) is 19.7 Å². The summed E-state index contributed by atoms with van der Waals surface area (Å²) < 4.78 is 0. The average Bonchev–Trinajstić information content (AvgIpc) is 2.90. The molecule has 0 unspecified atom stereocenters. The molecule has 0 atom stereocenters. The molecule has 6 nitrogen and oxygen atoms in total. The first-order chi connectivity index (χ1) is 12.5. The molecular formula is C18H14N2O4S2. The first-order valence-corrected chi connectivity index (χ1v) is 9.65. The molecule has 0 spiro atoms. The normalized spacial score (nSPS) is 15.7. The SMILES string of the molecule is CSc1ccc(/C=C2\SC(=O)N(Cc3ccccc3[N+](=O)[O-])C2=O)cc1. The summed E-state index contributed by atoms with van der Waals surface area (Å²) in [6.07, 6.45) is 3.64. The van der Waals surface area contributed by atoms with Crippen LogP contribution in [0.4, 0.5) is 10.5 Å². The zero-order valence-corrected chi connectivity index (χ0v) is 15.4. The van der Waals surface area contributed by atoms with Crippen LogP contribution in [0.1, 0.15) is 11.1 Å². The number of benzene rings is 2. The van der Waals surface area contributed by atoms with Crippen LogP contribution in [0.3, 0.4) is 0 Å². The minimum absolute atomic E-state index is 0.108. The van der Waals surface area contributed by atoms with Crippen molar-refractivity contribution >= 4 is 46.4 Å². The van der Waals surface area contributed by atoms with Crippen molar-refractivity contribution in [1.29, 1.82) is 0 Å². The monoisotopic (exact) mass is 386 g/mol. The van der Waals surface area contributed by atoms with Gasteiger partial charge >= 0.3 is 0 Å². The van der Waals surface area contributed by atoms with E-state index in [1.165, 1.54) is 6.07 Å². The Balaban J connectivity index is 1.83. The maximum absolute atomic E-state index is 12.6. The predicted molar refractivity (Wildman–Crippen MR) is 103 cm³/mol. The molecular weight excluding hydrogens is 372 g/mol. The van der Waals surface area contributed by atoms with Gasteiger partial charge < -0.3 is 0 Å². The molecule has 1 aliphatic heterocycles. The average molecular weight is 386 g/mol. The van der Waals surface area contributed by atoms with Gasteiger partial charge in [0.05, 0.1) is 16.4 Å². The number of nitrogens with zero attached hydrogens (tertiary/aromatic N) is 2. The largest absolute Gasteiger partial charge is 0.293 e. The number of carbonyl (C=O) groups is 2. The summed E-state index contributed by atoms with van der Waals surface area (Å²) in [6, 6.07) is 13.7. The van der Waals surface area contributed by atoms with Gasteiger partial charge in [0.1, 0.15) is 0 Å². The molecule has 1 fully saturated rings. The van der Waals surface area contributed by atoms with E-state index in [2.05, 4.69) is 0 Å². The van der Waals surface area contributed by atoms with E-state index in [0.29, 0.717) is 10.5 Å². The number of hydrogen-bond acceptors (Lipinski definition) is 6. The molecule has 1 aliphatic rings. The number of hydrogen-bond donors (Lipinski definition) is 0. The number of amides is 2. The van der Waals surface area contributed by atoms with Crippen LogP contribution in [0.25, 0.3) is 6.08 Å². The van der Waals surface area contributed by atoms with Crippen LogP contribution in [0.2, 0.25) is 0 Å². The summed E-state index contributed by atoms with van der Waals surface area (Å²) in [5.41, 5.74) is 1.03. The maximum atomic E-state index is 12.6. The van der Waals surface area contributed by atoms with Gasteiger partial charge in [-0.3, -0.25) is 24.6 Å². The van der Waals surface area contributed by atoms with Crippen molar-refractivity contribution in [2.45, 2.75) is 11.4 Å². The Hall–Kier alpha value is -2.58. The Morgan fingerprint density at radius 2 is 1.85 bits per heavy atom. The number of thioether (sulfide) groups is 2. The minimum atomic E-state index is -0.516. The molecule has 132 valence electrons. The highest BCUT2D eigenvalue weighted by Gasteiger charge is 2.36. The summed E-state index contributed by atoms with van der Waals surface area (Å²) >= 11 is 2.46. The predicted octanol–water partition coefficient (Wildman–Crippen LogP) is 4.55. The molecule has 0 aromatic heterocycles. The molecule has 0 N–H and O–H groups in total. The lowest BCUT2D eigenvalue weighted by atomic mass is 10.1. The van der Waals surface area contributed by atoms with Gasteiger partial charge in [0.2, 0.25) is 0 Å². The van der Waals surface area contributed by atoms with Gasteiger partial charge in [0.25, 0.3) is 16.8 Å². The number of carbonyl (C=O) groups excluding carboxylic acids is 2. The van der Waals surface area contributed by atoms with Gasteiger partial charge in [-0.2, -0.15) is 0 Å². The van der Waals surface area contributed by atoms with Crippen LogP contribution in [0.5, 0.6) is 0 Å². The van der Waals surface area contributed by atoms with E-state index in [4.69, 9.17) is 0 Å². The fraction of sp³-hybridized carbons (Fsp3) is 0.111. The molecule has 0 aliphatic carbocycles. The standard InChI is InChI=1S/C18H14N2O4S2/c1-25-14-8-6-12(7-9-14)10-16-17(21)19(18(22)26-16)11-13-4-2-3-5-15(13)20(23)24/h2-10H,11H2,1H3/b16-10-. The molecule has 0 bridgehead atoms. The van der Waals surface area contributed by atoms with Gasteiger partial charge in [-0.05, 0) is 41.8 Å². The highest BCUT2D eigenvalue weighted by Crippen LogP contribution is 2.34. The lowest BCUT2D eigenvalue weighted by Gasteiger charge is -2.12. The molecule has 1 saturated heterocycles. The Morgan fingerprint density at radius 1 is 1.15 bits per heavy atom. The van der Waals surface area contributed by atoms with Crippen LogP contribution in [-0.4, -0.2) is 27.2 Å². The van der Waals surface area contributed by atoms with Crippen molar-refractivity contribution in [2.24, 2.45) is 0 Å². The second-order valence-electron chi connectivity index (χ2n) is 5.43. The number of para-hydroxylation sites is 1.